The van der Waals surface area contributed by atoms with Gasteiger partial charge in [0.1, 0.15) is 5.76 Å². The molecule has 0 spiro atoms. The predicted octanol–water partition coefficient (Wildman–Crippen LogP) is 3.62. The van der Waals surface area contributed by atoms with Crippen molar-refractivity contribution in [3.63, 3.8) is 0 Å². The molecule has 1 N–H and O–H groups in total. The van der Waals surface area contributed by atoms with E-state index < -0.39 is 0 Å². The first-order valence-corrected chi connectivity index (χ1v) is 5.84. The van der Waals surface area contributed by atoms with Crippen molar-refractivity contribution in [3.05, 3.63) is 60.1 Å². The summed E-state index contributed by atoms with van der Waals surface area (Å²) < 4.78 is 5.34. The Kier molecular flexibility index (Phi) is 3.96. The topological polar surface area (TPSA) is 36.6 Å². The van der Waals surface area contributed by atoms with Crippen LogP contribution in [0.25, 0.3) is 0 Å². The van der Waals surface area contributed by atoms with E-state index in [2.05, 4.69) is 0 Å². The summed E-state index contributed by atoms with van der Waals surface area (Å²) in [6.45, 7) is 2.53. The Morgan fingerprint density at radius 3 is 2.53 bits per heavy atom. The molecule has 1 aromatic carbocycles. The van der Waals surface area contributed by atoms with E-state index in [1.807, 2.05) is 49.4 Å². The van der Waals surface area contributed by atoms with Crippen LogP contribution in [0.15, 0.2) is 53.1 Å². The van der Waals surface area contributed by atoms with Crippen molar-refractivity contribution in [2.24, 2.45) is 0 Å². The third-order valence-corrected chi connectivity index (χ3v) is 2.81. The Hall–Kier alpha value is -1.58. The highest BCUT2D eigenvalue weighted by atomic mass is 16.5. The smallest absolute Gasteiger partial charge is 0.123 e. The average Bonchev–Trinajstić information content (AvgIpc) is 2.85. The number of nitrogens with zero attached hydrogens (tertiary/aromatic N) is 1. The lowest BCUT2D eigenvalue weighted by Crippen LogP contribution is -2.24. The van der Waals surface area contributed by atoms with E-state index in [1.54, 1.807) is 6.26 Å². The lowest BCUT2D eigenvalue weighted by Gasteiger charge is -2.23. The molecule has 0 aliphatic heterocycles. The normalized spacial score (nSPS) is 12.9. The third-order valence-electron chi connectivity index (χ3n) is 2.81. The quantitative estimate of drug-likeness (QED) is 0.798. The molecule has 1 atom stereocenters. The van der Waals surface area contributed by atoms with Gasteiger partial charge in [-0.3, -0.25) is 0 Å². The summed E-state index contributed by atoms with van der Waals surface area (Å²) in [7, 11) is 0. The fourth-order valence-electron chi connectivity index (χ4n) is 1.92. The molecule has 0 aliphatic carbocycles. The van der Waals surface area contributed by atoms with Gasteiger partial charge >= 0.3 is 0 Å². The zero-order chi connectivity index (χ0) is 12.1. The van der Waals surface area contributed by atoms with Gasteiger partial charge < -0.3 is 9.62 Å². The molecule has 1 unspecified atom stereocenters. The van der Waals surface area contributed by atoms with Crippen molar-refractivity contribution in [1.82, 2.24) is 5.06 Å². The Morgan fingerprint density at radius 1 is 1.18 bits per heavy atom. The Bertz CT molecular complexity index is 425. The Morgan fingerprint density at radius 2 is 1.94 bits per heavy atom. The summed E-state index contributed by atoms with van der Waals surface area (Å²) in [6.07, 6.45) is 2.44. The van der Waals surface area contributed by atoms with Crippen molar-refractivity contribution < 1.29 is 9.62 Å². The van der Waals surface area contributed by atoms with Crippen molar-refractivity contribution in [1.29, 1.82) is 0 Å². The van der Waals surface area contributed by atoms with Crippen LogP contribution in [0, 0.1) is 0 Å². The molecular formula is C14H17NO2. The maximum atomic E-state index is 10.1. The van der Waals surface area contributed by atoms with E-state index in [1.165, 1.54) is 5.06 Å². The van der Waals surface area contributed by atoms with E-state index >= 15 is 0 Å². The SMILES string of the molecule is CCC(c1ccco1)N(O)Cc1ccccc1. The lowest BCUT2D eigenvalue weighted by molar-refractivity contribution is -0.143. The van der Waals surface area contributed by atoms with E-state index in [9.17, 15) is 5.21 Å². The van der Waals surface area contributed by atoms with Crippen LogP contribution < -0.4 is 0 Å². The van der Waals surface area contributed by atoms with Crippen LogP contribution in [-0.2, 0) is 6.54 Å². The molecule has 90 valence electrons. The molecule has 0 saturated carbocycles. The summed E-state index contributed by atoms with van der Waals surface area (Å²) in [5.74, 6) is 0.797. The van der Waals surface area contributed by atoms with E-state index in [-0.39, 0.29) is 6.04 Å². The minimum Gasteiger partial charge on any atom is -0.468 e. The molecule has 1 aromatic heterocycles. The second kappa shape index (κ2) is 5.66. The number of hydrogen-bond acceptors (Lipinski definition) is 3. The van der Waals surface area contributed by atoms with Crippen LogP contribution in [0.5, 0.6) is 0 Å². The number of rotatable bonds is 5. The fourth-order valence-corrected chi connectivity index (χ4v) is 1.92. The fraction of sp³-hybridized carbons (Fsp3) is 0.286. The van der Waals surface area contributed by atoms with Gasteiger partial charge in [-0.15, -0.1) is 0 Å². The Labute approximate surface area is 101 Å². The minimum absolute atomic E-state index is 0.0924. The molecule has 0 amide bonds. The van der Waals surface area contributed by atoms with E-state index in [0.717, 1.165) is 17.7 Å². The number of hydroxylamine groups is 2. The van der Waals surface area contributed by atoms with Crippen LogP contribution in [0.1, 0.15) is 30.7 Å². The van der Waals surface area contributed by atoms with Crippen molar-refractivity contribution in [3.8, 4) is 0 Å². The number of hydrogen-bond donors (Lipinski definition) is 1. The zero-order valence-electron chi connectivity index (χ0n) is 9.91. The third kappa shape index (κ3) is 2.96. The molecule has 2 aromatic rings. The monoisotopic (exact) mass is 231 g/mol. The second-order valence-corrected chi connectivity index (χ2v) is 4.02. The summed E-state index contributed by atoms with van der Waals surface area (Å²) in [4.78, 5) is 0. The van der Waals surface area contributed by atoms with E-state index in [0.29, 0.717) is 6.54 Å². The lowest BCUT2D eigenvalue weighted by atomic mass is 10.1. The molecule has 0 radical (unpaired) electrons. The zero-order valence-corrected chi connectivity index (χ0v) is 9.91. The van der Waals surface area contributed by atoms with Gasteiger partial charge in [0.15, 0.2) is 0 Å². The van der Waals surface area contributed by atoms with Crippen LogP contribution in [0.4, 0.5) is 0 Å². The van der Waals surface area contributed by atoms with Gasteiger partial charge in [0, 0.05) is 6.54 Å². The van der Waals surface area contributed by atoms with Gasteiger partial charge in [-0.05, 0) is 24.1 Å². The van der Waals surface area contributed by atoms with Crippen molar-refractivity contribution in [2.75, 3.05) is 0 Å². The second-order valence-electron chi connectivity index (χ2n) is 4.02. The Balaban J connectivity index is 2.06. The van der Waals surface area contributed by atoms with Crippen molar-refractivity contribution >= 4 is 0 Å². The molecule has 0 aliphatic rings. The van der Waals surface area contributed by atoms with Gasteiger partial charge in [-0.1, -0.05) is 37.3 Å². The minimum atomic E-state index is -0.0924. The van der Waals surface area contributed by atoms with Gasteiger partial charge in [-0.2, -0.15) is 5.06 Å². The maximum Gasteiger partial charge on any atom is 0.123 e. The molecular weight excluding hydrogens is 214 g/mol. The van der Waals surface area contributed by atoms with Crippen molar-refractivity contribution in [2.45, 2.75) is 25.9 Å². The average molecular weight is 231 g/mol. The van der Waals surface area contributed by atoms with Gasteiger partial charge in [0.25, 0.3) is 0 Å². The molecule has 17 heavy (non-hydrogen) atoms. The molecule has 0 bridgehead atoms. The molecule has 2 rings (SSSR count). The standard InChI is InChI=1S/C14H17NO2/c1-2-13(14-9-6-10-17-14)15(16)11-12-7-4-3-5-8-12/h3-10,13,16H,2,11H2,1H3. The molecule has 0 fully saturated rings. The van der Waals surface area contributed by atoms with Gasteiger partial charge in [0.05, 0.1) is 12.3 Å². The van der Waals surface area contributed by atoms with Crippen LogP contribution in [-0.4, -0.2) is 10.3 Å². The highest BCUT2D eigenvalue weighted by Gasteiger charge is 2.19. The predicted molar refractivity (Wildman–Crippen MR) is 65.5 cm³/mol. The molecule has 3 nitrogen and oxygen atoms in total. The summed E-state index contributed by atoms with van der Waals surface area (Å²) in [5, 5.41) is 11.4. The van der Waals surface area contributed by atoms with E-state index in [4.69, 9.17) is 4.42 Å². The van der Waals surface area contributed by atoms with Crippen LogP contribution >= 0.6 is 0 Å². The number of furan rings is 1. The maximum absolute atomic E-state index is 10.1. The summed E-state index contributed by atoms with van der Waals surface area (Å²) >= 11 is 0. The summed E-state index contributed by atoms with van der Waals surface area (Å²) in [5.41, 5.74) is 1.08. The highest BCUT2D eigenvalue weighted by molar-refractivity contribution is 5.14. The molecule has 0 saturated heterocycles. The number of benzene rings is 1. The first kappa shape index (κ1) is 11.9. The summed E-state index contributed by atoms with van der Waals surface area (Å²) in [6, 6.07) is 13.5. The highest BCUT2D eigenvalue weighted by Crippen LogP contribution is 2.24. The first-order chi connectivity index (χ1) is 8.31. The molecule has 1 heterocycles. The largest absolute Gasteiger partial charge is 0.468 e. The van der Waals surface area contributed by atoms with Crippen LogP contribution in [0.2, 0.25) is 0 Å². The van der Waals surface area contributed by atoms with Crippen LogP contribution in [0.3, 0.4) is 0 Å². The van der Waals surface area contributed by atoms with Gasteiger partial charge in [-0.25, -0.2) is 0 Å². The van der Waals surface area contributed by atoms with Gasteiger partial charge in [0.2, 0.25) is 0 Å². The first-order valence-electron chi connectivity index (χ1n) is 5.84. The molecule has 3 heteroatoms.